The van der Waals surface area contributed by atoms with Crippen molar-refractivity contribution in [2.45, 2.75) is 44.2 Å². The minimum atomic E-state index is -0.599. The van der Waals surface area contributed by atoms with Crippen molar-refractivity contribution in [1.29, 1.82) is 0 Å². The summed E-state index contributed by atoms with van der Waals surface area (Å²) in [5.41, 5.74) is 3.22. The minimum absolute atomic E-state index is 0.169. The van der Waals surface area contributed by atoms with E-state index in [-0.39, 0.29) is 18.1 Å². The summed E-state index contributed by atoms with van der Waals surface area (Å²) in [6.07, 6.45) is -1.20. The molecule has 0 aromatic heterocycles. The van der Waals surface area contributed by atoms with Crippen molar-refractivity contribution in [2.24, 2.45) is 0 Å². The molecule has 5 nitrogen and oxygen atoms in total. The number of benzene rings is 3. The third-order valence-corrected chi connectivity index (χ3v) is 6.32. The van der Waals surface area contributed by atoms with Gasteiger partial charge >= 0.3 is 11.9 Å². The molecule has 4 atom stereocenters. The zero-order chi connectivity index (χ0) is 22.2. The van der Waals surface area contributed by atoms with Gasteiger partial charge in [-0.25, -0.2) is 9.59 Å². The van der Waals surface area contributed by atoms with Crippen molar-refractivity contribution in [2.75, 3.05) is 0 Å². The van der Waals surface area contributed by atoms with E-state index >= 15 is 0 Å². The largest absolute Gasteiger partial charge is 0.453 e. The summed E-state index contributed by atoms with van der Waals surface area (Å²) in [6, 6.07) is 25.9. The Kier molecular flexibility index (Phi) is 5.27. The lowest BCUT2D eigenvalue weighted by Gasteiger charge is -2.30. The van der Waals surface area contributed by atoms with Crippen LogP contribution in [0.3, 0.4) is 0 Å². The fourth-order valence-electron chi connectivity index (χ4n) is 5.03. The summed E-state index contributed by atoms with van der Waals surface area (Å²) >= 11 is 0. The number of fused-ring (bicyclic) bond motifs is 5. The zero-order valence-electron chi connectivity index (χ0n) is 18.0. The van der Waals surface area contributed by atoms with Crippen LogP contribution in [-0.2, 0) is 9.47 Å². The molecule has 0 spiro atoms. The summed E-state index contributed by atoms with van der Waals surface area (Å²) in [5, 5.41) is 0. The number of carbonyl (C=O) groups is 2. The maximum Gasteiger partial charge on any atom is 0.338 e. The molecule has 3 aromatic carbocycles. The van der Waals surface area contributed by atoms with E-state index in [1.54, 1.807) is 48.5 Å². The molecule has 3 aromatic rings. The highest BCUT2D eigenvalue weighted by Crippen LogP contribution is 2.56. The fourth-order valence-corrected chi connectivity index (χ4v) is 5.03. The maximum absolute atomic E-state index is 13.0. The molecule has 0 N–H and O–H groups in total. The number of nitrogens with zero attached hydrogens (tertiary/aromatic N) is 1. The molecule has 162 valence electrons. The van der Waals surface area contributed by atoms with Crippen LogP contribution in [0.25, 0.3) is 0 Å². The van der Waals surface area contributed by atoms with Crippen LogP contribution in [0.1, 0.15) is 57.8 Å². The molecular weight excluding hydrogens is 402 g/mol. The topological polar surface area (TPSA) is 55.8 Å². The van der Waals surface area contributed by atoms with Crippen molar-refractivity contribution in [1.82, 2.24) is 4.90 Å². The van der Waals surface area contributed by atoms with Crippen LogP contribution >= 0.6 is 0 Å². The Morgan fingerprint density at radius 2 is 1.03 bits per heavy atom. The molecule has 2 bridgehead atoms. The van der Waals surface area contributed by atoms with Crippen molar-refractivity contribution in [3.63, 3.8) is 0 Å². The predicted octanol–water partition coefficient (Wildman–Crippen LogP) is 4.96. The van der Waals surface area contributed by atoms with Crippen LogP contribution in [0.15, 0.2) is 84.9 Å². The van der Waals surface area contributed by atoms with Crippen molar-refractivity contribution in [3.8, 4) is 0 Å². The van der Waals surface area contributed by atoms with E-state index in [9.17, 15) is 9.59 Å². The van der Waals surface area contributed by atoms with Crippen molar-refractivity contribution < 1.29 is 19.1 Å². The first-order valence-corrected chi connectivity index (χ1v) is 10.9. The highest BCUT2D eigenvalue weighted by Gasteiger charge is 2.60. The third kappa shape index (κ3) is 3.39. The van der Waals surface area contributed by atoms with Gasteiger partial charge in [-0.1, -0.05) is 60.7 Å². The molecule has 0 saturated carbocycles. The van der Waals surface area contributed by atoms with Gasteiger partial charge in [0.15, 0.2) is 12.2 Å². The Labute approximate surface area is 187 Å². The number of esters is 2. The van der Waals surface area contributed by atoms with Crippen LogP contribution in [0.2, 0.25) is 0 Å². The fraction of sp³-hybridized carbons (Fsp3) is 0.259. The summed E-state index contributed by atoms with van der Waals surface area (Å²) < 4.78 is 12.1. The van der Waals surface area contributed by atoms with Gasteiger partial charge in [-0.05, 0) is 49.2 Å². The van der Waals surface area contributed by atoms with Gasteiger partial charge in [0, 0.05) is 6.04 Å². The second kappa shape index (κ2) is 8.24. The smallest absolute Gasteiger partial charge is 0.338 e. The van der Waals surface area contributed by atoms with E-state index in [4.69, 9.17) is 9.47 Å². The lowest BCUT2D eigenvalue weighted by molar-refractivity contribution is -0.0348. The Bertz CT molecular complexity index is 1040. The highest BCUT2D eigenvalue weighted by molar-refractivity contribution is 5.90. The lowest BCUT2D eigenvalue weighted by atomic mass is 9.87. The van der Waals surface area contributed by atoms with Crippen molar-refractivity contribution >= 4 is 11.9 Å². The quantitative estimate of drug-likeness (QED) is 0.539. The van der Waals surface area contributed by atoms with Gasteiger partial charge in [0.05, 0.1) is 23.2 Å². The average molecular weight is 428 g/mol. The standard InChI is InChI=1S/C27H25NO4/c1-17(2)28-22-20-15-9-10-16-21(20)23(28)25(32-27(30)19-13-7-4-8-14-19)24(22)31-26(29)18-11-5-3-6-12-18/h3-17,22-25H,1-2H3. The Balaban J connectivity index is 1.52. The van der Waals surface area contributed by atoms with Gasteiger partial charge in [-0.2, -0.15) is 0 Å². The number of ether oxygens (including phenoxy) is 2. The minimum Gasteiger partial charge on any atom is -0.453 e. The molecule has 4 unspecified atom stereocenters. The number of hydrogen-bond acceptors (Lipinski definition) is 5. The monoisotopic (exact) mass is 427 g/mol. The molecule has 0 aliphatic carbocycles. The number of hydrogen-bond donors (Lipinski definition) is 0. The summed E-state index contributed by atoms with van der Waals surface area (Å²) in [7, 11) is 0. The second-order valence-corrected chi connectivity index (χ2v) is 8.53. The van der Waals surface area contributed by atoms with Crippen LogP contribution in [0.4, 0.5) is 0 Å². The van der Waals surface area contributed by atoms with E-state index in [1.165, 1.54) is 0 Å². The molecule has 1 fully saturated rings. The predicted molar refractivity (Wildman–Crippen MR) is 120 cm³/mol. The molecule has 2 heterocycles. The first-order chi connectivity index (χ1) is 15.6. The first-order valence-electron chi connectivity index (χ1n) is 10.9. The Morgan fingerprint density at radius 1 is 0.656 bits per heavy atom. The molecule has 2 aliphatic heterocycles. The molecule has 0 amide bonds. The average Bonchev–Trinajstić information content (AvgIpc) is 3.32. The van der Waals surface area contributed by atoms with Gasteiger partial charge in [0.25, 0.3) is 0 Å². The number of rotatable bonds is 5. The molecule has 2 aliphatic rings. The lowest BCUT2D eigenvalue weighted by Crippen LogP contribution is -2.39. The summed E-state index contributed by atoms with van der Waals surface area (Å²) in [5.74, 6) is -0.824. The van der Waals surface area contributed by atoms with Crippen molar-refractivity contribution in [3.05, 3.63) is 107 Å². The van der Waals surface area contributed by atoms with E-state index in [2.05, 4.69) is 30.9 Å². The second-order valence-electron chi connectivity index (χ2n) is 8.53. The Hall–Kier alpha value is -3.44. The van der Waals surface area contributed by atoms with E-state index in [0.717, 1.165) is 11.1 Å². The Morgan fingerprint density at radius 3 is 1.41 bits per heavy atom. The van der Waals surface area contributed by atoms with Gasteiger partial charge in [-0.15, -0.1) is 0 Å². The first kappa shape index (κ1) is 20.5. The summed E-state index contributed by atoms with van der Waals surface area (Å²) in [6.45, 7) is 4.23. The number of carbonyl (C=O) groups excluding carboxylic acids is 2. The van der Waals surface area contributed by atoms with Gasteiger partial charge in [0.1, 0.15) is 0 Å². The zero-order valence-corrected chi connectivity index (χ0v) is 18.0. The molecule has 5 heteroatoms. The summed E-state index contributed by atoms with van der Waals surface area (Å²) in [4.78, 5) is 28.3. The SMILES string of the molecule is CC(C)N1C2c3ccccc3C1C(OC(=O)c1ccccc1)C2OC(=O)c1ccccc1. The van der Waals surface area contributed by atoms with Crippen LogP contribution in [0.5, 0.6) is 0 Å². The maximum atomic E-state index is 13.0. The molecule has 32 heavy (non-hydrogen) atoms. The van der Waals surface area contributed by atoms with Gasteiger partial charge < -0.3 is 9.47 Å². The van der Waals surface area contributed by atoms with Gasteiger partial charge in [0.2, 0.25) is 0 Å². The van der Waals surface area contributed by atoms with Gasteiger partial charge in [-0.3, -0.25) is 4.90 Å². The molecule has 5 rings (SSSR count). The van der Waals surface area contributed by atoms with Crippen LogP contribution in [-0.4, -0.2) is 35.1 Å². The third-order valence-electron chi connectivity index (χ3n) is 6.32. The van der Waals surface area contributed by atoms with E-state index in [1.807, 2.05) is 24.3 Å². The van der Waals surface area contributed by atoms with E-state index in [0.29, 0.717) is 11.1 Å². The molecule has 0 radical (unpaired) electrons. The normalized spacial score (nSPS) is 23.7. The molecule has 1 saturated heterocycles. The van der Waals surface area contributed by atoms with Crippen LogP contribution < -0.4 is 0 Å². The van der Waals surface area contributed by atoms with E-state index < -0.39 is 24.1 Å². The highest BCUT2D eigenvalue weighted by atomic mass is 16.6. The van der Waals surface area contributed by atoms with Crippen LogP contribution in [0, 0.1) is 0 Å². The molecular formula is C27H25NO4.